The number of anilines is 1. The van der Waals surface area contributed by atoms with Gasteiger partial charge in [-0.1, -0.05) is 30.3 Å². The highest BCUT2D eigenvalue weighted by atomic mass is 16.5. The molecule has 0 saturated carbocycles. The van der Waals surface area contributed by atoms with Gasteiger partial charge in [0.15, 0.2) is 0 Å². The molecule has 1 atom stereocenters. The van der Waals surface area contributed by atoms with E-state index in [1.54, 1.807) is 18.3 Å². The van der Waals surface area contributed by atoms with Crippen LogP contribution in [0, 0.1) is 0 Å². The minimum atomic E-state index is -0.263. The summed E-state index contributed by atoms with van der Waals surface area (Å²) >= 11 is 0. The second-order valence-corrected chi connectivity index (χ2v) is 8.64. The first kappa shape index (κ1) is 22.5. The van der Waals surface area contributed by atoms with E-state index in [9.17, 15) is 4.79 Å². The van der Waals surface area contributed by atoms with Crippen molar-refractivity contribution in [3.8, 4) is 28.5 Å². The lowest BCUT2D eigenvalue weighted by Crippen LogP contribution is -2.20. The van der Waals surface area contributed by atoms with Crippen molar-refractivity contribution >= 4 is 11.7 Å². The fourth-order valence-corrected chi connectivity index (χ4v) is 4.24. The van der Waals surface area contributed by atoms with Crippen molar-refractivity contribution in [1.29, 1.82) is 0 Å². The second kappa shape index (κ2) is 9.94. The van der Waals surface area contributed by atoms with Crippen LogP contribution in [0.4, 0.5) is 5.82 Å². The van der Waals surface area contributed by atoms with Gasteiger partial charge in [0.1, 0.15) is 48.1 Å². The fourth-order valence-electron chi connectivity index (χ4n) is 4.24. The Balaban J connectivity index is 1.13. The van der Waals surface area contributed by atoms with Gasteiger partial charge in [-0.25, -0.2) is 19.6 Å². The maximum Gasteiger partial charge on any atom is 0.247 e. The number of imidazole rings is 1. The standard InChI is InChI=1S/C27H23N7O3/c35-26(14-34-17-28-16-31-34)33-25-12-22(8-9-29-25)37-21-6-7-24-19(11-21)10-20(15-36-24)27-30-13-23(32-27)18-4-2-1-3-5-18/h1-9,11-13,16-17,20H,10,14-15H2,(H,30,32)(H,29,33,35)/t20-/m0/s1. The van der Waals surface area contributed by atoms with Gasteiger partial charge in [0.05, 0.1) is 18.2 Å². The normalized spacial score (nSPS) is 14.4. The molecular formula is C27H23N7O3. The molecule has 0 aliphatic carbocycles. The number of hydrogen-bond acceptors (Lipinski definition) is 7. The number of benzene rings is 2. The lowest BCUT2D eigenvalue weighted by atomic mass is 9.96. The summed E-state index contributed by atoms with van der Waals surface area (Å²) in [4.78, 5) is 28.4. The van der Waals surface area contributed by atoms with E-state index in [0.717, 1.165) is 34.8 Å². The van der Waals surface area contributed by atoms with Crippen LogP contribution in [0.15, 0.2) is 85.7 Å². The predicted molar refractivity (Wildman–Crippen MR) is 135 cm³/mol. The largest absolute Gasteiger partial charge is 0.493 e. The molecule has 2 aromatic carbocycles. The van der Waals surface area contributed by atoms with Crippen molar-refractivity contribution in [1.82, 2.24) is 29.7 Å². The van der Waals surface area contributed by atoms with Crippen LogP contribution >= 0.6 is 0 Å². The quantitative estimate of drug-likeness (QED) is 0.348. The van der Waals surface area contributed by atoms with Crippen LogP contribution in [-0.2, 0) is 17.8 Å². The van der Waals surface area contributed by atoms with E-state index in [2.05, 4.69) is 25.4 Å². The van der Waals surface area contributed by atoms with Crippen molar-refractivity contribution < 1.29 is 14.3 Å². The van der Waals surface area contributed by atoms with E-state index in [4.69, 9.17) is 14.5 Å². The maximum atomic E-state index is 12.2. The molecule has 0 saturated heterocycles. The average molecular weight is 494 g/mol. The summed E-state index contributed by atoms with van der Waals surface area (Å²) in [5, 5.41) is 6.67. The summed E-state index contributed by atoms with van der Waals surface area (Å²) in [5.41, 5.74) is 3.03. The van der Waals surface area contributed by atoms with E-state index in [1.165, 1.54) is 17.3 Å². The molecule has 1 amide bonds. The van der Waals surface area contributed by atoms with Crippen LogP contribution in [0.2, 0.25) is 0 Å². The number of nitrogens with zero attached hydrogens (tertiary/aromatic N) is 5. The number of fused-ring (bicyclic) bond motifs is 1. The zero-order valence-electron chi connectivity index (χ0n) is 19.7. The number of carbonyl (C=O) groups is 1. The number of carbonyl (C=O) groups excluding carboxylic acids is 1. The van der Waals surface area contributed by atoms with Crippen LogP contribution in [0.1, 0.15) is 17.3 Å². The molecule has 6 rings (SSSR count). The molecule has 0 radical (unpaired) electrons. The Labute approximate surface area is 212 Å². The Kier molecular flexibility index (Phi) is 6.04. The number of amides is 1. The predicted octanol–water partition coefficient (Wildman–Crippen LogP) is 4.21. The van der Waals surface area contributed by atoms with Crippen LogP contribution < -0.4 is 14.8 Å². The van der Waals surface area contributed by atoms with Gasteiger partial charge in [0, 0.05) is 24.0 Å². The lowest BCUT2D eigenvalue weighted by molar-refractivity contribution is -0.116. The Bertz CT molecular complexity index is 1520. The number of nitrogens with one attached hydrogen (secondary N) is 2. The van der Waals surface area contributed by atoms with Crippen LogP contribution in [0.5, 0.6) is 17.2 Å². The number of aromatic amines is 1. The van der Waals surface area contributed by atoms with E-state index in [-0.39, 0.29) is 18.4 Å². The molecule has 37 heavy (non-hydrogen) atoms. The molecule has 2 N–H and O–H groups in total. The Morgan fingerprint density at radius 2 is 2.03 bits per heavy atom. The van der Waals surface area contributed by atoms with Crippen molar-refractivity contribution in [2.24, 2.45) is 0 Å². The van der Waals surface area contributed by atoms with E-state index < -0.39 is 0 Å². The van der Waals surface area contributed by atoms with Crippen molar-refractivity contribution in [2.75, 3.05) is 11.9 Å². The first-order valence-corrected chi connectivity index (χ1v) is 11.8. The highest BCUT2D eigenvalue weighted by molar-refractivity contribution is 5.89. The summed E-state index contributed by atoms with van der Waals surface area (Å²) in [7, 11) is 0. The Morgan fingerprint density at radius 3 is 2.89 bits per heavy atom. The summed E-state index contributed by atoms with van der Waals surface area (Å²) < 4.78 is 13.5. The topological polar surface area (TPSA) is 120 Å². The summed E-state index contributed by atoms with van der Waals surface area (Å²) in [5.74, 6) is 3.19. The van der Waals surface area contributed by atoms with Gasteiger partial charge in [0.2, 0.25) is 5.91 Å². The van der Waals surface area contributed by atoms with Gasteiger partial charge in [-0.3, -0.25) is 4.79 Å². The number of ether oxygens (including phenoxy) is 2. The number of hydrogen-bond donors (Lipinski definition) is 2. The third-order valence-corrected chi connectivity index (χ3v) is 6.00. The van der Waals surface area contributed by atoms with Gasteiger partial charge in [-0.05, 0) is 36.2 Å². The first-order valence-electron chi connectivity index (χ1n) is 11.8. The van der Waals surface area contributed by atoms with Crippen LogP contribution in [0.25, 0.3) is 11.3 Å². The molecular weight excluding hydrogens is 470 g/mol. The zero-order chi connectivity index (χ0) is 25.0. The summed E-state index contributed by atoms with van der Waals surface area (Å²) in [6.07, 6.45) is 7.15. The van der Waals surface area contributed by atoms with Crippen molar-refractivity contribution in [2.45, 2.75) is 18.9 Å². The molecule has 3 aromatic heterocycles. The van der Waals surface area contributed by atoms with Crippen molar-refractivity contribution in [3.63, 3.8) is 0 Å². The third kappa shape index (κ3) is 5.18. The smallest absolute Gasteiger partial charge is 0.247 e. The number of rotatable bonds is 7. The molecule has 10 heteroatoms. The fraction of sp³-hybridized carbons (Fsp3) is 0.148. The first-order chi connectivity index (χ1) is 18.2. The monoisotopic (exact) mass is 493 g/mol. The third-order valence-electron chi connectivity index (χ3n) is 6.00. The molecule has 1 aliphatic rings. The van der Waals surface area contributed by atoms with E-state index >= 15 is 0 Å². The van der Waals surface area contributed by atoms with Gasteiger partial charge >= 0.3 is 0 Å². The van der Waals surface area contributed by atoms with Crippen LogP contribution in [0.3, 0.4) is 0 Å². The van der Waals surface area contributed by atoms with Crippen LogP contribution in [-0.4, -0.2) is 42.2 Å². The number of aromatic nitrogens is 6. The molecule has 0 fully saturated rings. The lowest BCUT2D eigenvalue weighted by Gasteiger charge is -2.24. The Hall–Kier alpha value is -4.99. The minimum absolute atomic E-state index is 0.0429. The molecule has 5 aromatic rings. The molecule has 10 nitrogen and oxygen atoms in total. The molecule has 0 bridgehead atoms. The SMILES string of the molecule is O=C(Cn1cncn1)Nc1cc(Oc2ccc3c(c2)C[C@H](c2nc(-c4ccccc4)c[nH]2)CO3)ccn1. The highest BCUT2D eigenvalue weighted by Crippen LogP contribution is 2.35. The molecule has 1 aliphatic heterocycles. The molecule has 184 valence electrons. The van der Waals surface area contributed by atoms with Gasteiger partial charge in [0.25, 0.3) is 0 Å². The number of pyridine rings is 1. The van der Waals surface area contributed by atoms with Crippen molar-refractivity contribution in [3.05, 3.63) is 97.1 Å². The second-order valence-electron chi connectivity index (χ2n) is 8.64. The van der Waals surface area contributed by atoms with Gasteiger partial charge in [-0.2, -0.15) is 5.10 Å². The van der Waals surface area contributed by atoms with Gasteiger partial charge < -0.3 is 19.8 Å². The molecule has 4 heterocycles. The van der Waals surface area contributed by atoms with E-state index in [1.807, 2.05) is 54.7 Å². The highest BCUT2D eigenvalue weighted by Gasteiger charge is 2.24. The van der Waals surface area contributed by atoms with E-state index in [0.29, 0.717) is 23.9 Å². The summed E-state index contributed by atoms with van der Waals surface area (Å²) in [6, 6.07) is 19.3. The zero-order valence-corrected chi connectivity index (χ0v) is 19.7. The minimum Gasteiger partial charge on any atom is -0.493 e. The summed E-state index contributed by atoms with van der Waals surface area (Å²) in [6.45, 7) is 0.595. The number of H-pyrrole nitrogens is 1. The average Bonchev–Trinajstić information content (AvgIpc) is 3.62. The molecule has 0 unspecified atom stereocenters. The van der Waals surface area contributed by atoms with Gasteiger partial charge in [-0.15, -0.1) is 0 Å². The molecule has 0 spiro atoms. The Morgan fingerprint density at radius 1 is 1.14 bits per heavy atom. The maximum absolute atomic E-state index is 12.2.